The lowest BCUT2D eigenvalue weighted by Gasteiger charge is -2.30. The molecular formula is C21H22F2N4O4S. The molecule has 0 saturated carbocycles. The van der Waals surface area contributed by atoms with Gasteiger partial charge in [-0.2, -0.15) is 4.98 Å². The maximum atomic E-state index is 13.7. The molecule has 1 atom stereocenters. The van der Waals surface area contributed by atoms with E-state index in [2.05, 4.69) is 10.1 Å². The number of carbonyl (C=O) groups is 1. The fraction of sp³-hybridized carbons (Fsp3) is 0.286. The summed E-state index contributed by atoms with van der Waals surface area (Å²) < 4.78 is 57.6. The first-order valence-electron chi connectivity index (χ1n) is 9.56. The van der Waals surface area contributed by atoms with Gasteiger partial charge in [-0.25, -0.2) is 17.2 Å². The molecule has 0 spiro atoms. The molecule has 0 radical (unpaired) electrons. The van der Waals surface area contributed by atoms with Gasteiger partial charge in [0.15, 0.2) is 11.6 Å². The SMILES string of the molecule is Cc1ccc(-c2noc(CN(C)C(=O)[C@@H](C)N(c3ccc(F)c(F)c3)S(C)(=O)=O)n2)cc1. The largest absolute Gasteiger partial charge is 0.337 e. The average Bonchev–Trinajstić information content (AvgIpc) is 3.18. The first kappa shape index (κ1) is 23.3. The van der Waals surface area contributed by atoms with Crippen LogP contribution in [-0.4, -0.2) is 48.7 Å². The van der Waals surface area contributed by atoms with Crippen LogP contribution in [-0.2, 0) is 21.4 Å². The third-order valence-corrected chi connectivity index (χ3v) is 5.99. The summed E-state index contributed by atoms with van der Waals surface area (Å²) in [5.41, 5.74) is 1.66. The number of hydrogen-bond donors (Lipinski definition) is 0. The molecule has 0 aliphatic carbocycles. The highest BCUT2D eigenvalue weighted by Gasteiger charge is 2.32. The van der Waals surface area contributed by atoms with E-state index >= 15 is 0 Å². The lowest BCUT2D eigenvalue weighted by molar-refractivity contribution is -0.131. The van der Waals surface area contributed by atoms with Crippen LogP contribution in [0.4, 0.5) is 14.5 Å². The summed E-state index contributed by atoms with van der Waals surface area (Å²) in [7, 11) is -2.54. The van der Waals surface area contributed by atoms with Gasteiger partial charge in [0.25, 0.3) is 0 Å². The molecule has 1 amide bonds. The second-order valence-corrected chi connectivity index (χ2v) is 9.26. The summed E-state index contributed by atoms with van der Waals surface area (Å²) in [6, 6.07) is 8.87. The molecule has 0 N–H and O–H groups in total. The summed E-state index contributed by atoms with van der Waals surface area (Å²) in [5.74, 6) is -2.44. The number of aryl methyl sites for hydroxylation is 1. The summed E-state index contributed by atoms with van der Waals surface area (Å²) in [4.78, 5) is 18.4. The molecule has 0 aliphatic heterocycles. The minimum absolute atomic E-state index is 0.0720. The van der Waals surface area contributed by atoms with Crippen LogP contribution in [0, 0.1) is 18.6 Å². The molecule has 11 heteroatoms. The molecular weight excluding hydrogens is 442 g/mol. The van der Waals surface area contributed by atoms with Crippen molar-refractivity contribution in [1.82, 2.24) is 15.0 Å². The Bertz CT molecular complexity index is 1230. The van der Waals surface area contributed by atoms with Crippen LogP contribution < -0.4 is 4.31 Å². The number of amides is 1. The van der Waals surface area contributed by atoms with Gasteiger partial charge in [0.05, 0.1) is 18.5 Å². The maximum Gasteiger partial charge on any atom is 0.246 e. The summed E-state index contributed by atoms with van der Waals surface area (Å²) in [5, 5.41) is 3.91. The standard InChI is InChI=1S/C21H22F2N4O4S/c1-13-5-7-15(8-6-13)20-24-19(31-25-20)12-26(3)21(28)14(2)27(32(4,29)30)16-9-10-17(22)18(23)11-16/h5-11,14H,12H2,1-4H3/t14-/m1/s1. The van der Waals surface area contributed by atoms with Crippen molar-refractivity contribution in [2.45, 2.75) is 26.4 Å². The number of benzene rings is 2. The number of rotatable bonds is 7. The Morgan fingerprint density at radius 2 is 1.78 bits per heavy atom. The Labute approximate surface area is 184 Å². The molecule has 1 aromatic heterocycles. The van der Waals surface area contributed by atoms with E-state index < -0.39 is 33.6 Å². The smallest absolute Gasteiger partial charge is 0.246 e. The van der Waals surface area contributed by atoms with Crippen molar-refractivity contribution in [2.75, 3.05) is 17.6 Å². The Morgan fingerprint density at radius 3 is 2.38 bits per heavy atom. The maximum absolute atomic E-state index is 13.7. The van der Waals surface area contributed by atoms with Gasteiger partial charge in [-0.05, 0) is 26.0 Å². The molecule has 0 bridgehead atoms. The van der Waals surface area contributed by atoms with E-state index in [1.165, 1.54) is 18.9 Å². The molecule has 0 saturated heterocycles. The summed E-state index contributed by atoms with van der Waals surface area (Å²) >= 11 is 0. The third-order valence-electron chi connectivity index (χ3n) is 4.75. The van der Waals surface area contributed by atoms with E-state index in [4.69, 9.17) is 4.52 Å². The quantitative estimate of drug-likeness (QED) is 0.533. The van der Waals surface area contributed by atoms with Crippen molar-refractivity contribution in [3.63, 3.8) is 0 Å². The molecule has 1 heterocycles. The van der Waals surface area contributed by atoms with Crippen molar-refractivity contribution in [3.8, 4) is 11.4 Å². The summed E-state index contributed by atoms with van der Waals surface area (Å²) in [6.45, 7) is 3.23. The van der Waals surface area contributed by atoms with Crippen LogP contribution in [0.5, 0.6) is 0 Å². The van der Waals surface area contributed by atoms with Gasteiger partial charge >= 0.3 is 0 Å². The van der Waals surface area contributed by atoms with Gasteiger partial charge in [0.2, 0.25) is 27.6 Å². The monoisotopic (exact) mass is 464 g/mol. The van der Waals surface area contributed by atoms with E-state index in [1.54, 1.807) is 0 Å². The van der Waals surface area contributed by atoms with E-state index in [1.807, 2.05) is 31.2 Å². The van der Waals surface area contributed by atoms with E-state index in [0.717, 1.165) is 39.9 Å². The second-order valence-electron chi connectivity index (χ2n) is 7.41. The zero-order valence-electron chi connectivity index (χ0n) is 17.9. The van der Waals surface area contributed by atoms with Gasteiger partial charge in [0.1, 0.15) is 6.04 Å². The van der Waals surface area contributed by atoms with Gasteiger partial charge in [-0.1, -0.05) is 35.0 Å². The second kappa shape index (κ2) is 9.03. The number of nitrogens with zero attached hydrogens (tertiary/aromatic N) is 4. The number of carbonyl (C=O) groups excluding carboxylic acids is 1. The van der Waals surface area contributed by atoms with Gasteiger partial charge in [-0.15, -0.1) is 0 Å². The van der Waals surface area contributed by atoms with Crippen LogP contribution in [0.15, 0.2) is 47.0 Å². The molecule has 0 aliphatic rings. The Hall–Kier alpha value is -3.34. The molecule has 3 aromatic rings. The number of aromatic nitrogens is 2. The molecule has 32 heavy (non-hydrogen) atoms. The molecule has 8 nitrogen and oxygen atoms in total. The minimum Gasteiger partial charge on any atom is -0.337 e. The number of halogens is 2. The van der Waals surface area contributed by atoms with E-state index in [0.29, 0.717) is 5.82 Å². The van der Waals surface area contributed by atoms with Gasteiger partial charge in [0, 0.05) is 18.7 Å². The normalized spacial score (nSPS) is 12.4. The lowest BCUT2D eigenvalue weighted by atomic mass is 10.1. The zero-order valence-corrected chi connectivity index (χ0v) is 18.7. The van der Waals surface area contributed by atoms with Crippen molar-refractivity contribution >= 4 is 21.6 Å². The molecule has 170 valence electrons. The van der Waals surface area contributed by atoms with Crippen LogP contribution in [0.1, 0.15) is 18.4 Å². The Morgan fingerprint density at radius 1 is 1.12 bits per heavy atom. The first-order valence-corrected chi connectivity index (χ1v) is 11.4. The fourth-order valence-corrected chi connectivity index (χ4v) is 4.32. The molecule has 0 unspecified atom stereocenters. The number of likely N-dealkylation sites (N-methyl/N-ethyl adjacent to an activating group) is 1. The van der Waals surface area contributed by atoms with Crippen LogP contribution in [0.2, 0.25) is 0 Å². The van der Waals surface area contributed by atoms with Crippen LogP contribution in [0.25, 0.3) is 11.4 Å². The number of anilines is 1. The fourth-order valence-electron chi connectivity index (χ4n) is 3.16. The highest BCUT2D eigenvalue weighted by Crippen LogP contribution is 2.24. The highest BCUT2D eigenvalue weighted by molar-refractivity contribution is 7.92. The van der Waals surface area contributed by atoms with Gasteiger partial charge < -0.3 is 9.42 Å². The van der Waals surface area contributed by atoms with Gasteiger partial charge in [-0.3, -0.25) is 9.10 Å². The van der Waals surface area contributed by atoms with E-state index in [-0.39, 0.29) is 18.1 Å². The molecule has 2 aromatic carbocycles. The van der Waals surface area contributed by atoms with Crippen molar-refractivity contribution in [2.24, 2.45) is 0 Å². The van der Waals surface area contributed by atoms with Crippen molar-refractivity contribution in [1.29, 1.82) is 0 Å². The van der Waals surface area contributed by atoms with E-state index in [9.17, 15) is 22.0 Å². The topological polar surface area (TPSA) is 96.6 Å². The lowest BCUT2D eigenvalue weighted by Crippen LogP contribution is -2.48. The average molecular weight is 464 g/mol. The number of hydrogen-bond acceptors (Lipinski definition) is 6. The predicted octanol–water partition coefficient (Wildman–Crippen LogP) is 3.14. The zero-order chi connectivity index (χ0) is 23.6. The highest BCUT2D eigenvalue weighted by atomic mass is 32.2. The summed E-state index contributed by atoms with van der Waals surface area (Å²) in [6.07, 6.45) is 0.879. The first-order chi connectivity index (χ1) is 15.0. The molecule has 0 fully saturated rings. The molecule has 3 rings (SSSR count). The van der Waals surface area contributed by atoms with Crippen molar-refractivity contribution < 1.29 is 26.5 Å². The van der Waals surface area contributed by atoms with Crippen LogP contribution >= 0.6 is 0 Å². The predicted molar refractivity (Wildman–Crippen MR) is 114 cm³/mol. The Kier molecular flexibility index (Phi) is 6.58. The Balaban J connectivity index is 1.79. The minimum atomic E-state index is -3.99. The van der Waals surface area contributed by atoms with Crippen molar-refractivity contribution in [3.05, 3.63) is 65.6 Å². The third kappa shape index (κ3) is 5.10. The van der Waals surface area contributed by atoms with Crippen LogP contribution in [0.3, 0.4) is 0 Å². The number of sulfonamides is 1.